The highest BCUT2D eigenvalue weighted by molar-refractivity contribution is 5.02. The third-order valence-corrected chi connectivity index (χ3v) is 0.923. The van der Waals surface area contributed by atoms with Gasteiger partial charge >= 0.3 is 0 Å². The molecule has 0 aliphatic carbocycles. The number of hydrogen-bond acceptors (Lipinski definition) is 0. The molecule has 0 bridgehead atoms. The molecule has 0 rings (SSSR count). The maximum Gasteiger partial charge on any atom is 0.0351 e. The first-order valence-corrected chi connectivity index (χ1v) is 2.94. The zero-order valence-corrected chi connectivity index (χ0v) is 5.52. The number of allylic oxidation sites excluding steroid dienone is 2. The molecule has 0 fully saturated rings. The fraction of sp³-hybridized carbons (Fsp3) is 0.500. The van der Waals surface area contributed by atoms with E-state index in [0.717, 1.165) is 6.42 Å². The van der Waals surface area contributed by atoms with Crippen molar-refractivity contribution in [3.8, 4) is 12.3 Å². The molecule has 8 heavy (non-hydrogen) atoms. The van der Waals surface area contributed by atoms with Gasteiger partial charge in [-0.1, -0.05) is 25.0 Å². The smallest absolute Gasteiger partial charge is 0.0351 e. The van der Waals surface area contributed by atoms with Gasteiger partial charge in [-0.25, -0.2) is 0 Å². The van der Waals surface area contributed by atoms with Gasteiger partial charge in [-0.05, 0) is 13.3 Å². The normalized spacial score (nSPS) is 13.6. The predicted molar refractivity (Wildman–Crippen MR) is 37.4 cm³/mol. The van der Waals surface area contributed by atoms with E-state index in [1.807, 2.05) is 13.0 Å². The maximum absolute atomic E-state index is 5.11. The summed E-state index contributed by atoms with van der Waals surface area (Å²) in [7, 11) is 0. The van der Waals surface area contributed by atoms with Crippen LogP contribution in [0.4, 0.5) is 0 Å². The third-order valence-electron chi connectivity index (χ3n) is 0.923. The second kappa shape index (κ2) is 4.46. The fourth-order valence-electron chi connectivity index (χ4n) is 0.396. The Hall–Kier alpha value is -0.700. The zero-order chi connectivity index (χ0) is 6.41. The van der Waals surface area contributed by atoms with Gasteiger partial charge in [-0.15, -0.1) is 6.42 Å². The molecule has 44 valence electrons. The predicted octanol–water partition coefficient (Wildman–Crippen LogP) is 2.22. The molecule has 0 aliphatic rings. The van der Waals surface area contributed by atoms with E-state index < -0.39 is 0 Å². The van der Waals surface area contributed by atoms with E-state index in [4.69, 9.17) is 6.42 Å². The highest BCUT2D eigenvalue weighted by Crippen LogP contribution is 1.93. The molecule has 0 spiro atoms. The van der Waals surface area contributed by atoms with Crippen molar-refractivity contribution in [3.63, 3.8) is 0 Å². The van der Waals surface area contributed by atoms with Gasteiger partial charge in [0.2, 0.25) is 0 Å². The molecule has 1 unspecified atom stereocenters. The Labute approximate surface area is 51.6 Å². The average molecular weight is 108 g/mol. The van der Waals surface area contributed by atoms with Gasteiger partial charge in [0.1, 0.15) is 0 Å². The van der Waals surface area contributed by atoms with Crippen LogP contribution in [0.5, 0.6) is 0 Å². The van der Waals surface area contributed by atoms with Gasteiger partial charge in [0.05, 0.1) is 0 Å². The first-order valence-electron chi connectivity index (χ1n) is 2.94. The second-order valence-corrected chi connectivity index (χ2v) is 1.79. The summed E-state index contributed by atoms with van der Waals surface area (Å²) in [5.74, 6) is 2.91. The highest BCUT2D eigenvalue weighted by atomic mass is 13.9. The molecule has 0 N–H and O–H groups in total. The minimum absolute atomic E-state index is 0.301. The Bertz CT molecular complexity index is 104. The van der Waals surface area contributed by atoms with Gasteiger partial charge in [-0.3, -0.25) is 0 Å². The van der Waals surface area contributed by atoms with Gasteiger partial charge in [0.15, 0.2) is 0 Å². The van der Waals surface area contributed by atoms with Crippen LogP contribution in [-0.2, 0) is 0 Å². The van der Waals surface area contributed by atoms with E-state index in [1.165, 1.54) is 0 Å². The number of hydrogen-bond donors (Lipinski definition) is 0. The van der Waals surface area contributed by atoms with Crippen LogP contribution < -0.4 is 0 Å². The summed E-state index contributed by atoms with van der Waals surface area (Å²) in [4.78, 5) is 0. The van der Waals surface area contributed by atoms with Crippen molar-refractivity contribution in [2.24, 2.45) is 5.92 Å². The lowest BCUT2D eigenvalue weighted by atomic mass is 10.2. The SMILES string of the molecule is C#CC(C)C=CCC. The monoisotopic (exact) mass is 108 g/mol. The summed E-state index contributed by atoms with van der Waals surface area (Å²) in [5.41, 5.74) is 0. The molecule has 0 saturated carbocycles. The first-order chi connectivity index (χ1) is 3.81. The molecule has 0 amide bonds. The van der Waals surface area contributed by atoms with E-state index in [2.05, 4.69) is 18.9 Å². The Morgan fingerprint density at radius 2 is 2.38 bits per heavy atom. The lowest BCUT2D eigenvalue weighted by Gasteiger charge is -1.89. The van der Waals surface area contributed by atoms with Crippen molar-refractivity contribution in [3.05, 3.63) is 12.2 Å². The second-order valence-electron chi connectivity index (χ2n) is 1.79. The van der Waals surface area contributed by atoms with Crippen molar-refractivity contribution in [2.45, 2.75) is 20.3 Å². The quantitative estimate of drug-likeness (QED) is 0.376. The zero-order valence-electron chi connectivity index (χ0n) is 5.52. The van der Waals surface area contributed by atoms with Crippen LogP contribution in [-0.4, -0.2) is 0 Å². The highest BCUT2D eigenvalue weighted by Gasteiger charge is 1.83. The summed E-state index contributed by atoms with van der Waals surface area (Å²) >= 11 is 0. The number of terminal acetylenes is 1. The van der Waals surface area contributed by atoms with E-state index >= 15 is 0 Å². The van der Waals surface area contributed by atoms with Gasteiger partial charge in [0, 0.05) is 5.92 Å². The van der Waals surface area contributed by atoms with Gasteiger partial charge in [-0.2, -0.15) is 0 Å². The van der Waals surface area contributed by atoms with Crippen LogP contribution in [0.25, 0.3) is 0 Å². The summed E-state index contributed by atoms with van der Waals surface area (Å²) in [5, 5.41) is 0. The van der Waals surface area contributed by atoms with Crippen LogP contribution >= 0.6 is 0 Å². The van der Waals surface area contributed by atoms with Crippen LogP contribution in [0.3, 0.4) is 0 Å². The summed E-state index contributed by atoms with van der Waals surface area (Å²) in [6.45, 7) is 4.10. The van der Waals surface area contributed by atoms with Crippen LogP contribution in [0.2, 0.25) is 0 Å². The van der Waals surface area contributed by atoms with Crippen molar-refractivity contribution in [2.75, 3.05) is 0 Å². The van der Waals surface area contributed by atoms with Crippen molar-refractivity contribution < 1.29 is 0 Å². The molecule has 0 aromatic rings. The topological polar surface area (TPSA) is 0 Å². The van der Waals surface area contributed by atoms with Crippen LogP contribution in [0.15, 0.2) is 12.2 Å². The molecular formula is C8H12. The molecule has 0 radical (unpaired) electrons. The first kappa shape index (κ1) is 7.30. The Kier molecular flexibility index (Phi) is 4.07. The largest absolute Gasteiger partial charge is 0.119 e. The minimum Gasteiger partial charge on any atom is -0.119 e. The Balaban J connectivity index is 3.40. The third kappa shape index (κ3) is 3.49. The molecule has 0 aromatic carbocycles. The average Bonchev–Trinajstić information content (AvgIpc) is 1.83. The minimum atomic E-state index is 0.301. The lowest BCUT2D eigenvalue weighted by molar-refractivity contribution is 0.969. The van der Waals surface area contributed by atoms with E-state index in [-0.39, 0.29) is 0 Å². The number of rotatable bonds is 2. The van der Waals surface area contributed by atoms with Crippen LogP contribution in [0.1, 0.15) is 20.3 Å². The van der Waals surface area contributed by atoms with Crippen molar-refractivity contribution >= 4 is 0 Å². The molecule has 0 saturated heterocycles. The molecule has 0 nitrogen and oxygen atoms in total. The molecule has 1 atom stereocenters. The Morgan fingerprint density at radius 1 is 1.75 bits per heavy atom. The van der Waals surface area contributed by atoms with Crippen molar-refractivity contribution in [1.29, 1.82) is 0 Å². The molecule has 0 aromatic heterocycles. The van der Waals surface area contributed by atoms with Crippen molar-refractivity contribution in [1.82, 2.24) is 0 Å². The summed E-state index contributed by atoms with van der Waals surface area (Å²) in [6.07, 6.45) is 10.3. The molecule has 0 aliphatic heterocycles. The molecule has 0 heterocycles. The lowest BCUT2D eigenvalue weighted by Crippen LogP contribution is -1.79. The summed E-state index contributed by atoms with van der Waals surface area (Å²) in [6, 6.07) is 0. The van der Waals surface area contributed by atoms with Crippen LogP contribution in [0, 0.1) is 18.3 Å². The maximum atomic E-state index is 5.11. The van der Waals surface area contributed by atoms with E-state index in [1.54, 1.807) is 0 Å². The fourth-order valence-corrected chi connectivity index (χ4v) is 0.396. The standard InChI is InChI=1S/C8H12/c1-4-6-7-8(3)5-2/h2,6-8H,4H2,1,3H3. The Morgan fingerprint density at radius 3 is 2.75 bits per heavy atom. The van der Waals surface area contributed by atoms with Gasteiger partial charge < -0.3 is 0 Å². The summed E-state index contributed by atoms with van der Waals surface area (Å²) < 4.78 is 0. The molecule has 0 heteroatoms. The van der Waals surface area contributed by atoms with E-state index in [0.29, 0.717) is 5.92 Å². The molecular weight excluding hydrogens is 96.1 g/mol. The van der Waals surface area contributed by atoms with Gasteiger partial charge in [0.25, 0.3) is 0 Å². The van der Waals surface area contributed by atoms with E-state index in [9.17, 15) is 0 Å².